The first-order valence-electron chi connectivity index (χ1n) is 9.78. The molecule has 7 heteroatoms. The van der Waals surface area contributed by atoms with E-state index in [1.807, 2.05) is 43.0 Å². The lowest BCUT2D eigenvalue weighted by molar-refractivity contribution is -0.127. The van der Waals surface area contributed by atoms with Gasteiger partial charge in [-0.15, -0.1) is 0 Å². The number of hydrogen-bond acceptors (Lipinski definition) is 5. The molecule has 0 spiro atoms. The summed E-state index contributed by atoms with van der Waals surface area (Å²) in [6, 6.07) is 7.39. The molecule has 1 fully saturated rings. The fourth-order valence-corrected chi connectivity index (χ4v) is 3.09. The smallest absolute Gasteiger partial charge is 0.246 e. The first kappa shape index (κ1) is 20.7. The summed E-state index contributed by atoms with van der Waals surface area (Å²) < 4.78 is 10.8. The number of carbonyl (C=O) groups is 2. The topological polar surface area (TPSA) is 78.9 Å². The number of nitrogens with zero attached hydrogens (tertiary/aromatic N) is 2. The Kier molecular flexibility index (Phi) is 7.08. The van der Waals surface area contributed by atoms with Crippen molar-refractivity contribution in [3.63, 3.8) is 0 Å². The number of hydrogen-bond donors (Lipinski definition) is 1. The second kappa shape index (κ2) is 9.93. The van der Waals surface area contributed by atoms with Crippen molar-refractivity contribution >= 4 is 24.0 Å². The molecule has 1 aliphatic heterocycles. The van der Waals surface area contributed by atoms with E-state index < -0.39 is 0 Å². The summed E-state index contributed by atoms with van der Waals surface area (Å²) in [5.74, 6) is 2.83. The molecule has 1 N–H and O–H groups in total. The third kappa shape index (κ3) is 6.50. The van der Waals surface area contributed by atoms with Gasteiger partial charge in [-0.3, -0.25) is 14.5 Å². The Morgan fingerprint density at radius 3 is 2.07 bits per heavy atom. The minimum absolute atomic E-state index is 0.00898. The molecule has 0 saturated carbocycles. The molecule has 0 aromatic carbocycles. The van der Waals surface area contributed by atoms with Crippen LogP contribution in [0.5, 0.6) is 0 Å². The maximum absolute atomic E-state index is 12.3. The lowest BCUT2D eigenvalue weighted by Crippen LogP contribution is -2.49. The monoisotopic (exact) mass is 397 g/mol. The number of rotatable bonds is 7. The molecule has 0 bridgehead atoms. The maximum Gasteiger partial charge on any atom is 0.246 e. The van der Waals surface area contributed by atoms with Crippen LogP contribution in [-0.4, -0.2) is 60.9 Å². The van der Waals surface area contributed by atoms with Crippen molar-refractivity contribution in [1.29, 1.82) is 0 Å². The number of amides is 2. The second-order valence-electron chi connectivity index (χ2n) is 7.02. The highest BCUT2D eigenvalue weighted by molar-refractivity contribution is 5.92. The van der Waals surface area contributed by atoms with Crippen molar-refractivity contribution in [1.82, 2.24) is 15.1 Å². The summed E-state index contributed by atoms with van der Waals surface area (Å²) in [5.41, 5.74) is 0. The third-order valence-electron chi connectivity index (χ3n) is 4.72. The van der Waals surface area contributed by atoms with E-state index in [0.29, 0.717) is 31.2 Å². The molecule has 7 nitrogen and oxygen atoms in total. The Hall–Kier alpha value is -3.06. The molecule has 0 unspecified atom stereocenters. The highest BCUT2D eigenvalue weighted by Gasteiger charge is 2.19. The van der Waals surface area contributed by atoms with E-state index in [9.17, 15) is 9.59 Å². The van der Waals surface area contributed by atoms with Gasteiger partial charge < -0.3 is 19.1 Å². The Morgan fingerprint density at radius 1 is 0.931 bits per heavy atom. The predicted octanol–water partition coefficient (Wildman–Crippen LogP) is 2.48. The Morgan fingerprint density at radius 2 is 1.52 bits per heavy atom. The number of nitrogens with one attached hydrogen (secondary N) is 1. The van der Waals surface area contributed by atoms with Gasteiger partial charge in [-0.25, -0.2) is 0 Å². The molecule has 29 heavy (non-hydrogen) atoms. The molecule has 154 valence electrons. The minimum atomic E-state index is -0.147. The van der Waals surface area contributed by atoms with E-state index in [2.05, 4.69) is 10.2 Å². The first-order valence-corrected chi connectivity index (χ1v) is 9.78. The molecule has 0 aliphatic carbocycles. The van der Waals surface area contributed by atoms with Gasteiger partial charge in [0.15, 0.2) is 0 Å². The molecule has 2 aromatic heterocycles. The van der Waals surface area contributed by atoms with Crippen LogP contribution in [0.15, 0.2) is 45.3 Å². The van der Waals surface area contributed by atoms with E-state index in [0.717, 1.165) is 31.2 Å². The zero-order valence-electron chi connectivity index (χ0n) is 16.9. The van der Waals surface area contributed by atoms with Crippen LogP contribution in [0.1, 0.15) is 23.0 Å². The van der Waals surface area contributed by atoms with E-state index in [4.69, 9.17) is 8.83 Å². The van der Waals surface area contributed by atoms with Crippen LogP contribution in [0.25, 0.3) is 12.2 Å². The quantitative estimate of drug-likeness (QED) is 0.726. The highest BCUT2D eigenvalue weighted by Crippen LogP contribution is 2.09. The average molecular weight is 397 g/mol. The van der Waals surface area contributed by atoms with Crippen LogP contribution in [0.2, 0.25) is 0 Å². The number of aryl methyl sites for hydroxylation is 2. The molecule has 3 heterocycles. The third-order valence-corrected chi connectivity index (χ3v) is 4.72. The van der Waals surface area contributed by atoms with Gasteiger partial charge in [0, 0.05) is 51.4 Å². The summed E-state index contributed by atoms with van der Waals surface area (Å²) in [4.78, 5) is 28.2. The van der Waals surface area contributed by atoms with Crippen molar-refractivity contribution in [2.75, 3.05) is 39.3 Å². The highest BCUT2D eigenvalue weighted by atomic mass is 16.3. The van der Waals surface area contributed by atoms with Crippen LogP contribution in [0, 0.1) is 13.8 Å². The van der Waals surface area contributed by atoms with Gasteiger partial charge in [-0.05, 0) is 50.3 Å². The fourth-order valence-electron chi connectivity index (χ4n) is 3.09. The second-order valence-corrected chi connectivity index (χ2v) is 7.02. The lowest BCUT2D eigenvalue weighted by Gasteiger charge is -2.34. The van der Waals surface area contributed by atoms with Gasteiger partial charge >= 0.3 is 0 Å². The van der Waals surface area contributed by atoms with Crippen molar-refractivity contribution in [2.45, 2.75) is 13.8 Å². The number of carbonyl (C=O) groups excluding carboxylic acids is 2. The zero-order chi connectivity index (χ0) is 20.6. The van der Waals surface area contributed by atoms with Crippen LogP contribution < -0.4 is 5.32 Å². The van der Waals surface area contributed by atoms with Crippen LogP contribution in [0.3, 0.4) is 0 Å². The van der Waals surface area contributed by atoms with Crippen LogP contribution >= 0.6 is 0 Å². The van der Waals surface area contributed by atoms with E-state index in [-0.39, 0.29) is 11.8 Å². The van der Waals surface area contributed by atoms with Crippen molar-refractivity contribution in [3.8, 4) is 0 Å². The SMILES string of the molecule is Cc1ccc(C=CC(=O)NCCN2CCN(C(=O)C=Cc3ccc(C)o3)CC2)o1. The molecule has 1 saturated heterocycles. The molecule has 0 atom stereocenters. The minimum Gasteiger partial charge on any atom is -0.462 e. The molecule has 0 radical (unpaired) electrons. The number of furan rings is 2. The normalized spacial score (nSPS) is 15.4. The van der Waals surface area contributed by atoms with Gasteiger partial charge in [0.25, 0.3) is 0 Å². The van der Waals surface area contributed by atoms with E-state index in [1.54, 1.807) is 18.2 Å². The molecular formula is C22H27N3O4. The largest absolute Gasteiger partial charge is 0.462 e. The van der Waals surface area contributed by atoms with E-state index in [1.165, 1.54) is 6.08 Å². The van der Waals surface area contributed by atoms with Crippen molar-refractivity contribution in [2.24, 2.45) is 0 Å². The predicted molar refractivity (Wildman–Crippen MR) is 111 cm³/mol. The summed E-state index contributed by atoms with van der Waals surface area (Å²) in [7, 11) is 0. The van der Waals surface area contributed by atoms with E-state index >= 15 is 0 Å². The van der Waals surface area contributed by atoms with Gasteiger partial charge in [0.1, 0.15) is 23.0 Å². The van der Waals surface area contributed by atoms with Gasteiger partial charge in [0.05, 0.1) is 0 Å². The van der Waals surface area contributed by atoms with Gasteiger partial charge in [-0.1, -0.05) is 0 Å². The Balaban J connectivity index is 1.33. The van der Waals surface area contributed by atoms with Crippen molar-refractivity contribution in [3.05, 3.63) is 59.5 Å². The maximum atomic E-state index is 12.3. The van der Waals surface area contributed by atoms with Gasteiger partial charge in [0.2, 0.25) is 11.8 Å². The zero-order valence-corrected chi connectivity index (χ0v) is 16.9. The first-order chi connectivity index (χ1) is 14.0. The summed E-state index contributed by atoms with van der Waals surface area (Å²) in [6.07, 6.45) is 6.39. The van der Waals surface area contributed by atoms with Crippen LogP contribution in [-0.2, 0) is 9.59 Å². The lowest BCUT2D eigenvalue weighted by atomic mass is 10.3. The average Bonchev–Trinajstić information content (AvgIpc) is 3.33. The Labute approximate surface area is 170 Å². The standard InChI is InChI=1S/C22H27N3O4/c1-17-3-5-19(28-17)7-9-21(26)23-11-12-24-13-15-25(16-14-24)22(27)10-8-20-6-4-18(2)29-20/h3-10H,11-16H2,1-2H3,(H,23,26). The van der Waals surface area contributed by atoms with Crippen LogP contribution in [0.4, 0.5) is 0 Å². The fraction of sp³-hybridized carbons (Fsp3) is 0.364. The summed E-state index contributed by atoms with van der Waals surface area (Å²) in [5, 5.41) is 2.87. The van der Waals surface area contributed by atoms with Crippen molar-refractivity contribution < 1.29 is 18.4 Å². The molecule has 2 amide bonds. The summed E-state index contributed by atoms with van der Waals surface area (Å²) >= 11 is 0. The molecule has 1 aliphatic rings. The Bertz CT molecular complexity index is 883. The molecule has 3 rings (SSSR count). The molecular weight excluding hydrogens is 370 g/mol. The number of piperazine rings is 1. The summed E-state index contributed by atoms with van der Waals surface area (Å²) in [6.45, 7) is 7.97. The van der Waals surface area contributed by atoms with Gasteiger partial charge in [-0.2, -0.15) is 0 Å². The molecule has 2 aromatic rings.